The molecule has 2 aromatic rings. The summed E-state index contributed by atoms with van der Waals surface area (Å²) in [5.74, 6) is 1.01. The number of hydrogen-bond acceptors (Lipinski definition) is 2. The highest BCUT2D eigenvalue weighted by Crippen LogP contribution is 2.47. The van der Waals surface area contributed by atoms with Crippen molar-refractivity contribution in [3.63, 3.8) is 0 Å². The molecule has 2 atom stereocenters. The number of rotatable bonds is 11. The Morgan fingerprint density at radius 3 is 1.86 bits per heavy atom. The van der Waals surface area contributed by atoms with Crippen LogP contribution >= 0.6 is 0 Å². The van der Waals surface area contributed by atoms with Crippen LogP contribution in [0.2, 0.25) is 0 Å². The van der Waals surface area contributed by atoms with Gasteiger partial charge >= 0.3 is 0 Å². The monoisotopic (exact) mass is 390 g/mol. The van der Waals surface area contributed by atoms with Crippen molar-refractivity contribution in [2.45, 2.75) is 39.4 Å². The second-order valence-corrected chi connectivity index (χ2v) is 8.26. The zero-order valence-electron chi connectivity index (χ0n) is 17.6. The molecule has 0 bridgehead atoms. The van der Waals surface area contributed by atoms with E-state index in [0.717, 1.165) is 32.5 Å². The van der Waals surface area contributed by atoms with Crippen molar-refractivity contribution in [3.8, 4) is 0 Å². The molecule has 0 aliphatic heterocycles. The van der Waals surface area contributed by atoms with Crippen LogP contribution in [-0.2, 0) is 22.7 Å². The number of hydrogen-bond donors (Lipinski definition) is 0. The third-order valence-electron chi connectivity index (χ3n) is 5.85. The molecule has 0 radical (unpaired) electrons. The van der Waals surface area contributed by atoms with E-state index in [0.29, 0.717) is 25.0 Å². The van der Waals surface area contributed by atoms with Crippen LogP contribution in [0.15, 0.2) is 85.5 Å². The molecule has 29 heavy (non-hydrogen) atoms. The lowest BCUT2D eigenvalue weighted by molar-refractivity contribution is -0.0318. The van der Waals surface area contributed by atoms with E-state index in [1.807, 2.05) is 12.1 Å². The van der Waals surface area contributed by atoms with Crippen LogP contribution in [0, 0.1) is 17.3 Å². The quantitative estimate of drug-likeness (QED) is 0.403. The van der Waals surface area contributed by atoms with Gasteiger partial charge in [0.25, 0.3) is 0 Å². The van der Waals surface area contributed by atoms with Crippen molar-refractivity contribution in [2.75, 3.05) is 13.2 Å². The smallest absolute Gasteiger partial charge is 0.0717 e. The molecular weight excluding hydrogens is 356 g/mol. The Labute approximate surface area is 176 Å². The summed E-state index contributed by atoms with van der Waals surface area (Å²) in [5.41, 5.74) is 2.47. The normalized spacial score (nSPS) is 20.9. The van der Waals surface area contributed by atoms with E-state index in [4.69, 9.17) is 9.47 Å². The van der Waals surface area contributed by atoms with E-state index in [9.17, 15) is 0 Å². The molecule has 1 aliphatic rings. The Kier molecular flexibility index (Phi) is 8.27. The van der Waals surface area contributed by atoms with E-state index in [1.54, 1.807) is 0 Å². The minimum absolute atomic E-state index is 0.0329. The molecule has 0 aromatic heterocycles. The summed E-state index contributed by atoms with van der Waals surface area (Å²) in [6.07, 6.45) is 10.0. The van der Waals surface area contributed by atoms with Gasteiger partial charge in [-0.05, 0) is 42.2 Å². The van der Waals surface area contributed by atoms with E-state index >= 15 is 0 Å². The lowest BCUT2D eigenvalue weighted by Gasteiger charge is -2.29. The van der Waals surface area contributed by atoms with Gasteiger partial charge < -0.3 is 9.47 Å². The molecule has 2 aromatic carbocycles. The number of benzene rings is 2. The molecule has 1 aliphatic carbocycles. The molecule has 0 heterocycles. The topological polar surface area (TPSA) is 18.5 Å². The summed E-state index contributed by atoms with van der Waals surface area (Å²) in [5, 5.41) is 0. The first kappa shape index (κ1) is 21.5. The zero-order valence-corrected chi connectivity index (χ0v) is 17.6. The summed E-state index contributed by atoms with van der Waals surface area (Å²) in [4.78, 5) is 0. The molecule has 2 heteroatoms. The van der Waals surface area contributed by atoms with Crippen LogP contribution in [0.1, 0.15) is 37.3 Å². The van der Waals surface area contributed by atoms with Crippen LogP contribution in [0.3, 0.4) is 0 Å². The predicted molar refractivity (Wildman–Crippen MR) is 120 cm³/mol. The zero-order chi connectivity index (χ0) is 20.4. The second-order valence-electron chi connectivity index (χ2n) is 8.26. The molecule has 2 nitrogen and oxygen atoms in total. The van der Waals surface area contributed by atoms with Crippen molar-refractivity contribution >= 4 is 0 Å². The maximum absolute atomic E-state index is 6.22. The minimum Gasteiger partial charge on any atom is -0.376 e. The first-order valence-electron chi connectivity index (χ1n) is 10.8. The molecular formula is C27H34O2. The molecule has 3 rings (SSSR count). The van der Waals surface area contributed by atoms with Gasteiger partial charge in [-0.25, -0.2) is 0 Å². The number of ether oxygens (including phenoxy) is 2. The highest BCUT2D eigenvalue weighted by molar-refractivity contribution is 5.14. The van der Waals surface area contributed by atoms with Crippen molar-refractivity contribution in [2.24, 2.45) is 17.3 Å². The van der Waals surface area contributed by atoms with Gasteiger partial charge in [-0.2, -0.15) is 0 Å². The van der Waals surface area contributed by atoms with Crippen LogP contribution < -0.4 is 0 Å². The van der Waals surface area contributed by atoms with E-state index in [-0.39, 0.29) is 5.41 Å². The van der Waals surface area contributed by atoms with Crippen LogP contribution in [0.4, 0.5) is 0 Å². The summed E-state index contributed by atoms with van der Waals surface area (Å²) < 4.78 is 12.4. The Balaban J connectivity index is 1.64. The number of allylic oxidation sites excluding steroid dienone is 3. The van der Waals surface area contributed by atoms with Crippen molar-refractivity contribution in [1.82, 2.24) is 0 Å². The Morgan fingerprint density at radius 1 is 0.862 bits per heavy atom. The molecule has 0 amide bonds. The Morgan fingerprint density at radius 2 is 1.38 bits per heavy atom. The summed E-state index contributed by atoms with van der Waals surface area (Å²) in [6, 6.07) is 20.8. The van der Waals surface area contributed by atoms with Gasteiger partial charge in [-0.1, -0.05) is 85.8 Å². The van der Waals surface area contributed by atoms with E-state index < -0.39 is 0 Å². The fourth-order valence-corrected chi connectivity index (χ4v) is 4.36. The lowest BCUT2D eigenvalue weighted by atomic mass is 9.86. The van der Waals surface area contributed by atoms with Gasteiger partial charge in [0.05, 0.1) is 26.4 Å². The average Bonchev–Trinajstić information content (AvgIpc) is 3.11. The SMILES string of the molecule is C=C[C@H]1CC(COCc2ccccc2)(COCc2ccccc2)C[C@@H]1/C=C/CC. The van der Waals surface area contributed by atoms with E-state index in [1.165, 1.54) is 11.1 Å². The predicted octanol–water partition coefficient (Wildman–Crippen LogP) is 6.58. The first-order chi connectivity index (χ1) is 14.2. The van der Waals surface area contributed by atoms with Crippen LogP contribution in [0.5, 0.6) is 0 Å². The van der Waals surface area contributed by atoms with Gasteiger partial charge in [0.2, 0.25) is 0 Å². The molecule has 1 fully saturated rings. The van der Waals surface area contributed by atoms with Crippen LogP contribution in [0.25, 0.3) is 0 Å². The molecule has 0 N–H and O–H groups in total. The van der Waals surface area contributed by atoms with Crippen molar-refractivity contribution < 1.29 is 9.47 Å². The minimum atomic E-state index is 0.0329. The highest BCUT2D eigenvalue weighted by atomic mass is 16.5. The Bertz CT molecular complexity index is 705. The maximum Gasteiger partial charge on any atom is 0.0717 e. The van der Waals surface area contributed by atoms with Gasteiger partial charge in [0, 0.05) is 5.41 Å². The van der Waals surface area contributed by atoms with Gasteiger partial charge in [-0.15, -0.1) is 6.58 Å². The maximum atomic E-state index is 6.22. The van der Waals surface area contributed by atoms with Gasteiger partial charge in [0.15, 0.2) is 0 Å². The molecule has 0 spiro atoms. The summed E-state index contributed by atoms with van der Waals surface area (Å²) >= 11 is 0. The third kappa shape index (κ3) is 6.42. The highest BCUT2D eigenvalue weighted by Gasteiger charge is 2.43. The summed E-state index contributed by atoms with van der Waals surface area (Å²) in [6.45, 7) is 9.03. The largest absolute Gasteiger partial charge is 0.376 e. The molecule has 0 unspecified atom stereocenters. The fourth-order valence-electron chi connectivity index (χ4n) is 4.36. The van der Waals surface area contributed by atoms with E-state index in [2.05, 4.69) is 80.3 Å². The summed E-state index contributed by atoms with van der Waals surface area (Å²) in [7, 11) is 0. The standard InChI is InChI=1S/C27H34O2/c1-3-5-16-26-18-27(17-25(26)4-2,21-28-19-23-12-8-6-9-13-23)22-29-20-24-14-10-7-11-15-24/h4-16,25-26H,2-3,17-22H2,1H3/b16-5+/t25-,26-/m0/s1. The van der Waals surface area contributed by atoms with Crippen molar-refractivity contribution in [3.05, 3.63) is 96.6 Å². The van der Waals surface area contributed by atoms with Gasteiger partial charge in [-0.3, -0.25) is 0 Å². The molecule has 0 saturated heterocycles. The van der Waals surface area contributed by atoms with Gasteiger partial charge in [0.1, 0.15) is 0 Å². The molecule has 1 saturated carbocycles. The third-order valence-corrected chi connectivity index (χ3v) is 5.85. The second kappa shape index (κ2) is 11.1. The van der Waals surface area contributed by atoms with Crippen molar-refractivity contribution in [1.29, 1.82) is 0 Å². The van der Waals surface area contributed by atoms with Crippen LogP contribution in [-0.4, -0.2) is 13.2 Å². The fraction of sp³-hybridized carbons (Fsp3) is 0.407. The first-order valence-corrected chi connectivity index (χ1v) is 10.8. The molecule has 154 valence electrons. The Hall–Kier alpha value is -2.16. The average molecular weight is 391 g/mol. The lowest BCUT2D eigenvalue weighted by Crippen LogP contribution is -2.30.